The van der Waals surface area contributed by atoms with Crippen molar-refractivity contribution in [2.24, 2.45) is 0 Å². The number of hydrogen-bond donors (Lipinski definition) is 0. The fourth-order valence-electron chi connectivity index (χ4n) is 1.84. The van der Waals surface area contributed by atoms with Crippen LogP contribution in [-0.4, -0.2) is 15.8 Å². The summed E-state index contributed by atoms with van der Waals surface area (Å²) < 4.78 is 2.05. The minimum Gasteiger partial charge on any atom is -0.327 e. The summed E-state index contributed by atoms with van der Waals surface area (Å²) in [7, 11) is 0. The average molecular weight is 216 g/mol. The van der Waals surface area contributed by atoms with E-state index in [2.05, 4.69) is 25.8 Å². The highest BCUT2D eigenvalue weighted by Gasteiger charge is 2.18. The molecule has 2 rings (SSSR count). The first-order valence-corrected chi connectivity index (χ1v) is 5.37. The van der Waals surface area contributed by atoms with Crippen molar-refractivity contribution in [1.82, 2.24) is 9.55 Å². The SMILES string of the molecule is Cc1cnc2c(c1)c(C=O)cn2C(C)(C)C. The zero-order chi connectivity index (χ0) is 11.9. The summed E-state index contributed by atoms with van der Waals surface area (Å²) in [5.74, 6) is 0. The van der Waals surface area contributed by atoms with Crippen molar-refractivity contribution < 1.29 is 4.79 Å². The number of aldehydes is 1. The van der Waals surface area contributed by atoms with Crippen molar-refractivity contribution in [3.8, 4) is 0 Å². The predicted octanol–water partition coefficient (Wildman–Crippen LogP) is 2.91. The lowest BCUT2D eigenvalue weighted by Gasteiger charge is -2.21. The first-order chi connectivity index (χ1) is 7.43. The van der Waals surface area contributed by atoms with Crippen molar-refractivity contribution in [2.75, 3.05) is 0 Å². The molecule has 0 saturated carbocycles. The second kappa shape index (κ2) is 3.44. The lowest BCUT2D eigenvalue weighted by molar-refractivity contribution is 0.112. The fourth-order valence-corrected chi connectivity index (χ4v) is 1.84. The maximum absolute atomic E-state index is 11.0. The van der Waals surface area contributed by atoms with Gasteiger partial charge in [0, 0.05) is 28.9 Å². The van der Waals surface area contributed by atoms with Crippen molar-refractivity contribution in [2.45, 2.75) is 33.2 Å². The van der Waals surface area contributed by atoms with Crippen LogP contribution in [0.1, 0.15) is 36.7 Å². The van der Waals surface area contributed by atoms with Crippen LogP contribution in [0.2, 0.25) is 0 Å². The molecule has 0 atom stereocenters. The fraction of sp³-hybridized carbons (Fsp3) is 0.385. The Morgan fingerprint density at radius 1 is 1.38 bits per heavy atom. The summed E-state index contributed by atoms with van der Waals surface area (Å²) in [6.45, 7) is 8.28. The normalized spacial score (nSPS) is 12.0. The number of fused-ring (bicyclic) bond motifs is 1. The Bertz CT molecular complexity index is 547. The standard InChI is InChI=1S/C13H16N2O/c1-9-5-11-10(8-16)7-15(13(2,3)4)12(11)14-6-9/h5-8H,1-4H3. The molecule has 0 radical (unpaired) electrons. The Kier molecular flexibility index (Phi) is 2.34. The molecule has 0 spiro atoms. The molecule has 0 saturated heterocycles. The number of aromatic nitrogens is 2. The van der Waals surface area contributed by atoms with E-state index in [9.17, 15) is 4.79 Å². The number of aryl methyl sites for hydroxylation is 1. The van der Waals surface area contributed by atoms with Gasteiger partial charge in [0.15, 0.2) is 6.29 Å². The molecular formula is C13H16N2O. The largest absolute Gasteiger partial charge is 0.327 e. The molecule has 0 aliphatic carbocycles. The maximum atomic E-state index is 11.0. The van der Waals surface area contributed by atoms with Crippen molar-refractivity contribution >= 4 is 17.3 Å². The lowest BCUT2D eigenvalue weighted by Crippen LogP contribution is -2.20. The van der Waals surface area contributed by atoms with Gasteiger partial charge >= 0.3 is 0 Å². The van der Waals surface area contributed by atoms with Crippen LogP contribution in [0.4, 0.5) is 0 Å². The average Bonchev–Trinajstić information content (AvgIpc) is 2.55. The van der Waals surface area contributed by atoms with Gasteiger partial charge in [-0.3, -0.25) is 4.79 Å². The number of carbonyl (C=O) groups excluding carboxylic acids is 1. The third-order valence-corrected chi connectivity index (χ3v) is 2.66. The molecule has 0 aliphatic rings. The van der Waals surface area contributed by atoms with E-state index in [4.69, 9.17) is 0 Å². The van der Waals surface area contributed by atoms with Crippen LogP contribution in [0.25, 0.3) is 11.0 Å². The van der Waals surface area contributed by atoms with Crippen LogP contribution in [0, 0.1) is 6.92 Å². The number of rotatable bonds is 1. The Hall–Kier alpha value is -1.64. The molecule has 16 heavy (non-hydrogen) atoms. The Morgan fingerprint density at radius 2 is 2.06 bits per heavy atom. The quantitative estimate of drug-likeness (QED) is 0.687. The highest BCUT2D eigenvalue weighted by atomic mass is 16.1. The van der Waals surface area contributed by atoms with Crippen molar-refractivity contribution in [1.29, 1.82) is 0 Å². The van der Waals surface area contributed by atoms with Gasteiger partial charge in [-0.05, 0) is 39.3 Å². The third kappa shape index (κ3) is 1.62. The van der Waals surface area contributed by atoms with E-state index in [-0.39, 0.29) is 5.54 Å². The van der Waals surface area contributed by atoms with E-state index < -0.39 is 0 Å². The number of nitrogens with zero attached hydrogens (tertiary/aromatic N) is 2. The molecule has 0 N–H and O–H groups in total. The molecule has 0 bridgehead atoms. The maximum Gasteiger partial charge on any atom is 0.152 e. The Labute approximate surface area is 95.1 Å². The number of carbonyl (C=O) groups is 1. The summed E-state index contributed by atoms with van der Waals surface area (Å²) in [5.41, 5.74) is 2.59. The van der Waals surface area contributed by atoms with Crippen LogP contribution in [-0.2, 0) is 5.54 Å². The summed E-state index contributed by atoms with van der Waals surface area (Å²) in [6.07, 6.45) is 4.61. The first kappa shape index (κ1) is 10.9. The van der Waals surface area contributed by atoms with Gasteiger partial charge in [-0.1, -0.05) is 0 Å². The number of hydrogen-bond acceptors (Lipinski definition) is 2. The molecule has 0 amide bonds. The van der Waals surface area contributed by atoms with Gasteiger partial charge in [0.1, 0.15) is 5.65 Å². The highest BCUT2D eigenvalue weighted by molar-refractivity contribution is 5.96. The minimum absolute atomic E-state index is 0.0677. The van der Waals surface area contributed by atoms with Crippen LogP contribution in [0.5, 0.6) is 0 Å². The third-order valence-electron chi connectivity index (χ3n) is 2.66. The van der Waals surface area contributed by atoms with E-state index in [1.807, 2.05) is 30.0 Å². The summed E-state index contributed by atoms with van der Waals surface area (Å²) in [5, 5.41) is 0.935. The van der Waals surface area contributed by atoms with Gasteiger partial charge < -0.3 is 4.57 Å². The molecule has 0 fully saturated rings. The van der Waals surface area contributed by atoms with Crippen LogP contribution >= 0.6 is 0 Å². The van der Waals surface area contributed by atoms with Crippen molar-refractivity contribution in [3.63, 3.8) is 0 Å². The van der Waals surface area contributed by atoms with E-state index in [1.165, 1.54) is 0 Å². The lowest BCUT2D eigenvalue weighted by atomic mass is 10.1. The van der Waals surface area contributed by atoms with E-state index in [0.29, 0.717) is 5.56 Å². The smallest absolute Gasteiger partial charge is 0.152 e. The van der Waals surface area contributed by atoms with Crippen molar-refractivity contribution in [3.05, 3.63) is 29.6 Å². The van der Waals surface area contributed by atoms with E-state index >= 15 is 0 Å². The predicted molar refractivity (Wildman–Crippen MR) is 64.9 cm³/mol. The molecule has 2 heterocycles. The molecular weight excluding hydrogens is 200 g/mol. The van der Waals surface area contributed by atoms with E-state index in [1.54, 1.807) is 0 Å². The molecule has 3 nitrogen and oxygen atoms in total. The van der Waals surface area contributed by atoms with E-state index in [0.717, 1.165) is 22.9 Å². The van der Waals surface area contributed by atoms with Crippen LogP contribution in [0.15, 0.2) is 18.5 Å². The molecule has 0 unspecified atom stereocenters. The second-order valence-corrected chi connectivity index (χ2v) is 5.13. The summed E-state index contributed by atoms with van der Waals surface area (Å²) in [4.78, 5) is 15.5. The first-order valence-electron chi connectivity index (χ1n) is 5.37. The second-order valence-electron chi connectivity index (χ2n) is 5.13. The van der Waals surface area contributed by atoms with Gasteiger partial charge in [0.2, 0.25) is 0 Å². The highest BCUT2D eigenvalue weighted by Crippen LogP contribution is 2.25. The molecule has 3 heteroatoms. The van der Waals surface area contributed by atoms with Gasteiger partial charge in [0.05, 0.1) is 0 Å². The van der Waals surface area contributed by atoms with Crippen LogP contribution in [0.3, 0.4) is 0 Å². The van der Waals surface area contributed by atoms with Gasteiger partial charge in [-0.25, -0.2) is 4.98 Å². The Morgan fingerprint density at radius 3 is 2.62 bits per heavy atom. The molecule has 0 aromatic carbocycles. The molecule has 2 aromatic rings. The van der Waals surface area contributed by atoms with Gasteiger partial charge in [0.25, 0.3) is 0 Å². The summed E-state index contributed by atoms with van der Waals surface area (Å²) in [6, 6.07) is 2.01. The zero-order valence-corrected chi connectivity index (χ0v) is 10.1. The van der Waals surface area contributed by atoms with Gasteiger partial charge in [-0.2, -0.15) is 0 Å². The number of pyridine rings is 1. The monoisotopic (exact) mass is 216 g/mol. The van der Waals surface area contributed by atoms with Gasteiger partial charge in [-0.15, -0.1) is 0 Å². The zero-order valence-electron chi connectivity index (χ0n) is 10.1. The minimum atomic E-state index is -0.0677. The summed E-state index contributed by atoms with van der Waals surface area (Å²) >= 11 is 0. The Balaban J connectivity index is 2.83. The molecule has 84 valence electrons. The molecule has 0 aliphatic heterocycles. The topological polar surface area (TPSA) is 34.9 Å². The van der Waals surface area contributed by atoms with Crippen LogP contribution < -0.4 is 0 Å². The molecule has 2 aromatic heterocycles.